The number of carbonyl (C=O) groups is 1. The lowest BCUT2D eigenvalue weighted by atomic mass is 9.97. The number of hydrogen-bond acceptors (Lipinski definition) is 2. The fraction of sp³-hybridized carbons (Fsp3) is 0.304. The molecule has 5 nitrogen and oxygen atoms in total. The van der Waals surface area contributed by atoms with Crippen LogP contribution in [0.5, 0.6) is 5.75 Å². The first kappa shape index (κ1) is 20.9. The molecule has 0 saturated carbocycles. The number of nitrogens with zero attached hydrogens (tertiary/aromatic N) is 1. The number of aromatic nitrogens is 2. The number of halogens is 1. The van der Waals surface area contributed by atoms with E-state index in [1.54, 1.807) is 7.11 Å². The van der Waals surface area contributed by atoms with E-state index in [2.05, 4.69) is 54.0 Å². The predicted molar refractivity (Wildman–Crippen MR) is 111 cm³/mol. The van der Waals surface area contributed by atoms with Gasteiger partial charge in [-0.25, -0.2) is 4.57 Å². The van der Waals surface area contributed by atoms with Gasteiger partial charge in [0.15, 0.2) is 12.4 Å². The number of methoxy groups -OCH3 is 1. The second-order valence-corrected chi connectivity index (χ2v) is 7.40. The number of aliphatic carboxylic acids is 1. The standard InChI is InChI=1S/C23H24N2O3.ClH/c1-14-19-13-25(10-5-4-6-21(26)27)11-9-17(19)15(2)23-22(14)18-12-16(28-3)7-8-20(18)24-23;/h7-9,11-13H,4-6,10H2,1-3H3,(H,26,27);1H. The van der Waals surface area contributed by atoms with Crippen LogP contribution in [-0.2, 0) is 11.3 Å². The van der Waals surface area contributed by atoms with Gasteiger partial charge in [-0.05, 0) is 55.0 Å². The predicted octanol–water partition coefficient (Wildman–Crippen LogP) is 1.65. The summed E-state index contributed by atoms with van der Waals surface area (Å²) in [6.45, 7) is 5.15. The Bertz CT molecular complexity index is 1210. The molecule has 152 valence electrons. The van der Waals surface area contributed by atoms with Crippen molar-refractivity contribution in [1.82, 2.24) is 4.98 Å². The minimum atomic E-state index is -0.730. The number of aromatic amines is 1. The summed E-state index contributed by atoms with van der Waals surface area (Å²) < 4.78 is 7.59. The van der Waals surface area contributed by atoms with Gasteiger partial charge in [-0.3, -0.25) is 4.79 Å². The second kappa shape index (κ2) is 8.29. The Hall–Kier alpha value is -2.79. The quantitative estimate of drug-likeness (QED) is 0.374. The van der Waals surface area contributed by atoms with E-state index in [1.165, 1.54) is 38.2 Å². The van der Waals surface area contributed by atoms with Crippen molar-refractivity contribution in [2.24, 2.45) is 0 Å². The third-order valence-corrected chi connectivity index (χ3v) is 5.64. The van der Waals surface area contributed by atoms with Gasteiger partial charge in [0, 0.05) is 40.6 Å². The molecule has 0 aliphatic rings. The van der Waals surface area contributed by atoms with E-state index in [4.69, 9.17) is 9.84 Å². The number of carboxylic acid groups (broad SMARTS) is 1. The topological polar surface area (TPSA) is 66.2 Å². The zero-order valence-electron chi connectivity index (χ0n) is 16.9. The second-order valence-electron chi connectivity index (χ2n) is 7.40. The normalized spacial score (nSPS) is 11.1. The smallest absolute Gasteiger partial charge is 0.303 e. The van der Waals surface area contributed by atoms with Crippen LogP contribution in [-0.4, -0.2) is 23.2 Å². The summed E-state index contributed by atoms with van der Waals surface area (Å²) in [7, 11) is 1.69. The lowest BCUT2D eigenvalue weighted by molar-refractivity contribution is -0.696. The lowest BCUT2D eigenvalue weighted by Crippen LogP contribution is -3.00. The van der Waals surface area contributed by atoms with Crippen molar-refractivity contribution in [3.05, 3.63) is 47.8 Å². The van der Waals surface area contributed by atoms with Crippen LogP contribution in [0.1, 0.15) is 30.4 Å². The van der Waals surface area contributed by atoms with Crippen molar-refractivity contribution in [2.45, 2.75) is 39.7 Å². The molecule has 0 aliphatic carbocycles. The van der Waals surface area contributed by atoms with E-state index in [0.717, 1.165) is 24.2 Å². The number of carboxylic acids is 1. The summed E-state index contributed by atoms with van der Waals surface area (Å²) in [5.74, 6) is 0.124. The third kappa shape index (κ3) is 3.75. The minimum Gasteiger partial charge on any atom is -1.00 e. The molecule has 0 spiro atoms. The van der Waals surface area contributed by atoms with Crippen LogP contribution in [0, 0.1) is 13.8 Å². The van der Waals surface area contributed by atoms with Crippen LogP contribution in [0.3, 0.4) is 0 Å². The van der Waals surface area contributed by atoms with Gasteiger partial charge in [0.2, 0.25) is 0 Å². The molecule has 0 bridgehead atoms. The number of hydrogen-bond donors (Lipinski definition) is 2. The number of H-pyrrole nitrogens is 1. The van der Waals surface area contributed by atoms with Crippen LogP contribution in [0.4, 0.5) is 0 Å². The Balaban J connectivity index is 0.00000240. The molecule has 4 rings (SSSR count). The molecule has 2 heterocycles. The zero-order valence-corrected chi connectivity index (χ0v) is 17.6. The van der Waals surface area contributed by atoms with Crippen molar-refractivity contribution < 1.29 is 31.6 Å². The average molecular weight is 413 g/mol. The van der Waals surface area contributed by atoms with Gasteiger partial charge in [-0.2, -0.15) is 0 Å². The molecule has 0 atom stereocenters. The van der Waals surface area contributed by atoms with Crippen LogP contribution >= 0.6 is 0 Å². The Morgan fingerprint density at radius 3 is 2.62 bits per heavy atom. The molecular weight excluding hydrogens is 388 g/mol. The van der Waals surface area contributed by atoms with E-state index in [9.17, 15) is 4.79 Å². The Kier molecular flexibility index (Phi) is 5.99. The van der Waals surface area contributed by atoms with Crippen molar-refractivity contribution in [3.63, 3.8) is 0 Å². The van der Waals surface area contributed by atoms with Gasteiger partial charge in [0.05, 0.1) is 12.6 Å². The molecule has 2 aromatic carbocycles. The first-order valence-corrected chi connectivity index (χ1v) is 9.62. The molecule has 0 fully saturated rings. The minimum absolute atomic E-state index is 0. The Morgan fingerprint density at radius 2 is 1.90 bits per heavy atom. The van der Waals surface area contributed by atoms with Gasteiger partial charge in [0.25, 0.3) is 0 Å². The van der Waals surface area contributed by atoms with Gasteiger partial charge in [-0.1, -0.05) is 0 Å². The van der Waals surface area contributed by atoms with Gasteiger partial charge >= 0.3 is 5.97 Å². The number of aryl methyl sites for hydroxylation is 3. The van der Waals surface area contributed by atoms with Crippen molar-refractivity contribution in [1.29, 1.82) is 0 Å². The molecule has 0 unspecified atom stereocenters. The Labute approximate surface area is 175 Å². The highest BCUT2D eigenvalue weighted by atomic mass is 35.5. The van der Waals surface area contributed by atoms with Crippen LogP contribution < -0.4 is 21.7 Å². The number of ether oxygens (including phenoxy) is 1. The molecule has 0 aliphatic heterocycles. The van der Waals surface area contributed by atoms with E-state index in [1.807, 2.05) is 6.07 Å². The molecule has 29 heavy (non-hydrogen) atoms. The highest BCUT2D eigenvalue weighted by molar-refractivity contribution is 6.16. The molecule has 6 heteroatoms. The first-order valence-electron chi connectivity index (χ1n) is 9.62. The maximum absolute atomic E-state index is 10.7. The molecule has 0 saturated heterocycles. The average Bonchev–Trinajstić information content (AvgIpc) is 3.08. The van der Waals surface area contributed by atoms with Crippen LogP contribution in [0.25, 0.3) is 32.6 Å². The number of benzene rings is 2. The summed E-state index contributed by atoms with van der Waals surface area (Å²) in [5.41, 5.74) is 4.77. The summed E-state index contributed by atoms with van der Waals surface area (Å²) in [6, 6.07) is 8.31. The molecule has 2 aromatic heterocycles. The van der Waals surface area contributed by atoms with E-state index >= 15 is 0 Å². The third-order valence-electron chi connectivity index (χ3n) is 5.64. The molecule has 4 aromatic rings. The van der Waals surface area contributed by atoms with E-state index in [0.29, 0.717) is 6.42 Å². The molecule has 0 amide bonds. The number of fused-ring (bicyclic) bond motifs is 4. The summed E-state index contributed by atoms with van der Waals surface area (Å²) in [6.07, 6.45) is 6.06. The maximum atomic E-state index is 10.7. The summed E-state index contributed by atoms with van der Waals surface area (Å²) in [4.78, 5) is 14.3. The highest BCUT2D eigenvalue weighted by Gasteiger charge is 2.17. The number of unbranched alkanes of at least 4 members (excludes halogenated alkanes) is 1. The summed E-state index contributed by atoms with van der Waals surface area (Å²) >= 11 is 0. The van der Waals surface area contributed by atoms with Crippen molar-refractivity contribution >= 4 is 38.5 Å². The van der Waals surface area contributed by atoms with Gasteiger partial charge in [0.1, 0.15) is 12.3 Å². The van der Waals surface area contributed by atoms with Crippen molar-refractivity contribution in [3.8, 4) is 5.75 Å². The van der Waals surface area contributed by atoms with Gasteiger partial charge < -0.3 is 27.2 Å². The number of pyridine rings is 1. The fourth-order valence-electron chi connectivity index (χ4n) is 4.11. The lowest BCUT2D eigenvalue weighted by Gasteiger charge is -2.09. The molecular formula is C23H25ClN2O3. The Morgan fingerprint density at radius 1 is 1.10 bits per heavy atom. The molecule has 2 N–H and O–H groups in total. The number of rotatable bonds is 6. The first-order chi connectivity index (χ1) is 13.5. The number of nitrogens with one attached hydrogen (secondary N) is 1. The van der Waals surface area contributed by atoms with Crippen LogP contribution in [0.2, 0.25) is 0 Å². The highest BCUT2D eigenvalue weighted by Crippen LogP contribution is 2.37. The van der Waals surface area contributed by atoms with Crippen LogP contribution in [0.15, 0.2) is 36.7 Å². The summed E-state index contributed by atoms with van der Waals surface area (Å²) in [5, 5.41) is 13.7. The van der Waals surface area contributed by atoms with E-state index in [-0.39, 0.29) is 18.8 Å². The largest absolute Gasteiger partial charge is 1.00 e. The fourth-order valence-corrected chi connectivity index (χ4v) is 4.11. The molecule has 0 radical (unpaired) electrons. The maximum Gasteiger partial charge on any atom is 0.303 e. The van der Waals surface area contributed by atoms with Crippen molar-refractivity contribution in [2.75, 3.05) is 7.11 Å². The monoisotopic (exact) mass is 412 g/mol. The zero-order chi connectivity index (χ0) is 19.8. The van der Waals surface area contributed by atoms with E-state index < -0.39 is 5.97 Å². The SMILES string of the molecule is COc1ccc2[nH]c3c(C)c4cc[n+](CCCCC(=O)O)cc4c(C)c3c2c1.[Cl-]. The van der Waals surface area contributed by atoms with Gasteiger partial charge in [-0.15, -0.1) is 0 Å².